The molecule has 0 radical (unpaired) electrons. The predicted molar refractivity (Wildman–Crippen MR) is 95.2 cm³/mol. The summed E-state index contributed by atoms with van der Waals surface area (Å²) >= 11 is 1.44. The van der Waals surface area contributed by atoms with E-state index in [9.17, 15) is 10.1 Å². The van der Waals surface area contributed by atoms with Crippen molar-refractivity contribution < 1.29 is 9.34 Å². The van der Waals surface area contributed by atoms with Gasteiger partial charge in [-0.1, -0.05) is 43.8 Å². The van der Waals surface area contributed by atoms with E-state index in [2.05, 4.69) is 24.0 Å². The largest absolute Gasteiger partial charge is 0.461 e. The first-order chi connectivity index (χ1) is 12.1. The maximum absolute atomic E-state index is 11.2. The normalized spacial score (nSPS) is 11.2. The second-order valence-electron chi connectivity index (χ2n) is 5.96. The van der Waals surface area contributed by atoms with Crippen LogP contribution in [0.1, 0.15) is 19.4 Å². The monoisotopic (exact) mass is 358 g/mol. The smallest absolute Gasteiger partial charge is 0.273 e. The second kappa shape index (κ2) is 7.52. The molecule has 130 valence electrons. The number of thioether (sulfide) groups is 1. The van der Waals surface area contributed by atoms with Gasteiger partial charge in [-0.15, -0.1) is 10.2 Å². The van der Waals surface area contributed by atoms with Crippen molar-refractivity contribution in [2.24, 2.45) is 5.92 Å². The van der Waals surface area contributed by atoms with Crippen LogP contribution < -0.4 is 0 Å². The average molecular weight is 358 g/mol. The molecule has 2 aromatic heterocycles. The fraction of sp³-hybridized carbons (Fsp3) is 0.294. The van der Waals surface area contributed by atoms with Crippen LogP contribution in [0.15, 0.2) is 52.2 Å². The first-order valence-corrected chi connectivity index (χ1v) is 8.87. The van der Waals surface area contributed by atoms with Crippen molar-refractivity contribution >= 4 is 17.4 Å². The van der Waals surface area contributed by atoms with Gasteiger partial charge in [0, 0.05) is 23.9 Å². The molecule has 8 heteroatoms. The zero-order valence-electron chi connectivity index (χ0n) is 14.0. The highest BCUT2D eigenvalue weighted by Crippen LogP contribution is 2.30. The Balaban J connectivity index is 1.87. The fourth-order valence-electron chi connectivity index (χ4n) is 2.47. The van der Waals surface area contributed by atoms with E-state index in [-0.39, 0.29) is 10.6 Å². The molecular weight excluding hydrogens is 340 g/mol. The maximum atomic E-state index is 11.2. The van der Waals surface area contributed by atoms with Crippen molar-refractivity contribution in [2.75, 3.05) is 0 Å². The van der Waals surface area contributed by atoms with Gasteiger partial charge in [-0.2, -0.15) is 0 Å². The lowest BCUT2D eigenvalue weighted by atomic mass is 10.2. The van der Waals surface area contributed by atoms with Crippen LogP contribution in [0.5, 0.6) is 0 Å². The number of nitro groups is 1. The van der Waals surface area contributed by atoms with Crippen LogP contribution in [0.25, 0.3) is 11.6 Å². The van der Waals surface area contributed by atoms with E-state index in [1.165, 1.54) is 17.8 Å². The van der Waals surface area contributed by atoms with Gasteiger partial charge in [0.2, 0.25) is 0 Å². The average Bonchev–Trinajstić information content (AvgIpc) is 3.22. The molecule has 3 rings (SSSR count). The minimum atomic E-state index is -0.358. The molecule has 25 heavy (non-hydrogen) atoms. The van der Waals surface area contributed by atoms with Crippen molar-refractivity contribution in [3.8, 4) is 11.6 Å². The number of hydrogen-bond donors (Lipinski definition) is 0. The lowest BCUT2D eigenvalue weighted by Crippen LogP contribution is -2.07. The standard InChI is InChI=1S/C17H18N4O3S/c1-12(2)10-20-16(15-8-5-9-24-15)18-19-17(20)25-11-13-6-3-4-7-14(13)21(22)23/h3-9,12H,10-11H2,1-2H3. The Morgan fingerprint density at radius 3 is 2.72 bits per heavy atom. The summed E-state index contributed by atoms with van der Waals surface area (Å²) in [5, 5.41) is 20.4. The molecular formula is C17H18N4O3S. The van der Waals surface area contributed by atoms with Crippen LogP contribution in [0, 0.1) is 16.0 Å². The Labute approximate surface area is 149 Å². The van der Waals surface area contributed by atoms with E-state index >= 15 is 0 Å². The Hall–Kier alpha value is -2.61. The Kier molecular flexibility index (Phi) is 5.18. The summed E-state index contributed by atoms with van der Waals surface area (Å²) in [7, 11) is 0. The van der Waals surface area contributed by atoms with Gasteiger partial charge >= 0.3 is 0 Å². The molecule has 0 aliphatic heterocycles. The van der Waals surface area contributed by atoms with Crippen molar-refractivity contribution in [1.82, 2.24) is 14.8 Å². The first kappa shape index (κ1) is 17.2. The van der Waals surface area contributed by atoms with Crippen LogP contribution in [0.3, 0.4) is 0 Å². The molecule has 7 nitrogen and oxygen atoms in total. The quantitative estimate of drug-likeness (QED) is 0.353. The van der Waals surface area contributed by atoms with E-state index in [1.807, 2.05) is 16.7 Å². The molecule has 1 aromatic carbocycles. The van der Waals surface area contributed by atoms with Crippen molar-refractivity contribution in [3.63, 3.8) is 0 Å². The molecule has 0 aliphatic rings. The van der Waals surface area contributed by atoms with Gasteiger partial charge < -0.3 is 4.42 Å². The minimum absolute atomic E-state index is 0.121. The van der Waals surface area contributed by atoms with E-state index < -0.39 is 0 Å². The van der Waals surface area contributed by atoms with Crippen LogP contribution >= 0.6 is 11.8 Å². The zero-order valence-corrected chi connectivity index (χ0v) is 14.8. The van der Waals surface area contributed by atoms with Crippen LogP contribution in [-0.4, -0.2) is 19.7 Å². The molecule has 0 bridgehead atoms. The van der Waals surface area contributed by atoms with E-state index in [0.29, 0.717) is 28.8 Å². The number of aromatic nitrogens is 3. The lowest BCUT2D eigenvalue weighted by molar-refractivity contribution is -0.385. The molecule has 0 unspecified atom stereocenters. The SMILES string of the molecule is CC(C)Cn1c(SCc2ccccc2[N+](=O)[O-])nnc1-c1ccco1. The van der Waals surface area contributed by atoms with Gasteiger partial charge in [0.15, 0.2) is 16.7 Å². The highest BCUT2D eigenvalue weighted by atomic mass is 32.2. The summed E-state index contributed by atoms with van der Waals surface area (Å²) in [6.45, 7) is 4.97. The van der Waals surface area contributed by atoms with Crippen molar-refractivity contribution in [1.29, 1.82) is 0 Å². The summed E-state index contributed by atoms with van der Waals surface area (Å²) in [4.78, 5) is 10.8. The molecule has 0 atom stereocenters. The Morgan fingerprint density at radius 1 is 1.24 bits per heavy atom. The van der Waals surface area contributed by atoms with Gasteiger partial charge in [-0.25, -0.2) is 0 Å². The van der Waals surface area contributed by atoms with Gasteiger partial charge in [0.05, 0.1) is 11.2 Å². The summed E-state index contributed by atoms with van der Waals surface area (Å²) in [6, 6.07) is 10.4. The summed E-state index contributed by atoms with van der Waals surface area (Å²) in [6.07, 6.45) is 1.60. The summed E-state index contributed by atoms with van der Waals surface area (Å²) in [5.41, 5.74) is 0.785. The third kappa shape index (κ3) is 3.90. The maximum Gasteiger partial charge on any atom is 0.273 e. The second-order valence-corrected chi connectivity index (χ2v) is 6.90. The van der Waals surface area contributed by atoms with Gasteiger partial charge in [-0.3, -0.25) is 14.7 Å². The molecule has 0 N–H and O–H groups in total. The van der Waals surface area contributed by atoms with E-state index in [1.54, 1.807) is 24.5 Å². The highest BCUT2D eigenvalue weighted by molar-refractivity contribution is 7.98. The van der Waals surface area contributed by atoms with Gasteiger partial charge in [-0.05, 0) is 18.1 Å². The number of nitro benzene ring substituents is 1. The third-order valence-corrected chi connectivity index (χ3v) is 4.57. The number of benzene rings is 1. The van der Waals surface area contributed by atoms with Crippen molar-refractivity contribution in [3.05, 3.63) is 58.3 Å². The number of nitrogens with zero attached hydrogens (tertiary/aromatic N) is 4. The first-order valence-electron chi connectivity index (χ1n) is 7.88. The molecule has 0 amide bonds. The highest BCUT2D eigenvalue weighted by Gasteiger charge is 2.19. The Morgan fingerprint density at radius 2 is 2.04 bits per heavy atom. The molecule has 2 heterocycles. The number of para-hydroxylation sites is 1. The zero-order chi connectivity index (χ0) is 17.8. The third-order valence-electron chi connectivity index (χ3n) is 3.55. The molecule has 0 fully saturated rings. The molecule has 0 saturated heterocycles. The Bertz CT molecular complexity index is 859. The van der Waals surface area contributed by atoms with E-state index in [4.69, 9.17) is 4.42 Å². The molecule has 0 aliphatic carbocycles. The number of hydrogen-bond acceptors (Lipinski definition) is 6. The van der Waals surface area contributed by atoms with Crippen LogP contribution in [-0.2, 0) is 12.3 Å². The number of furan rings is 1. The summed E-state index contributed by atoms with van der Waals surface area (Å²) < 4.78 is 7.45. The lowest BCUT2D eigenvalue weighted by Gasteiger charge is -2.11. The van der Waals surface area contributed by atoms with Gasteiger partial charge in [0.25, 0.3) is 5.69 Å². The predicted octanol–water partition coefficient (Wildman–Crippen LogP) is 4.39. The minimum Gasteiger partial charge on any atom is -0.461 e. The van der Waals surface area contributed by atoms with E-state index in [0.717, 1.165) is 11.7 Å². The fourth-order valence-corrected chi connectivity index (χ4v) is 3.41. The molecule has 3 aromatic rings. The topological polar surface area (TPSA) is 87.0 Å². The molecule has 0 saturated carbocycles. The molecule has 0 spiro atoms. The summed E-state index contributed by atoms with van der Waals surface area (Å²) in [5.74, 6) is 2.18. The number of rotatable bonds is 7. The van der Waals surface area contributed by atoms with Gasteiger partial charge in [0.1, 0.15) is 0 Å². The van der Waals surface area contributed by atoms with Crippen LogP contribution in [0.2, 0.25) is 0 Å². The van der Waals surface area contributed by atoms with Crippen molar-refractivity contribution in [2.45, 2.75) is 31.3 Å². The van der Waals surface area contributed by atoms with Crippen LogP contribution in [0.4, 0.5) is 5.69 Å².